The van der Waals surface area contributed by atoms with Gasteiger partial charge in [-0.25, -0.2) is 0 Å². The van der Waals surface area contributed by atoms with E-state index in [1.807, 2.05) is 6.92 Å². The first-order valence-corrected chi connectivity index (χ1v) is 11.2. The second kappa shape index (κ2) is 7.13. The van der Waals surface area contributed by atoms with Crippen molar-refractivity contribution < 1.29 is 9.90 Å². The highest BCUT2D eigenvalue weighted by atomic mass is 16.3. The van der Waals surface area contributed by atoms with Crippen LogP contribution < -0.4 is 5.32 Å². The maximum absolute atomic E-state index is 12.9. The van der Waals surface area contributed by atoms with E-state index in [-0.39, 0.29) is 24.5 Å². The number of aromatic nitrogens is 1. The molecule has 1 aromatic carbocycles. The Hall–Kier alpha value is -1.85. The summed E-state index contributed by atoms with van der Waals surface area (Å²) in [5.41, 5.74) is 5.93. The molecule has 1 saturated carbocycles. The van der Waals surface area contributed by atoms with Crippen molar-refractivity contribution >= 4 is 16.8 Å². The van der Waals surface area contributed by atoms with Gasteiger partial charge in [0.2, 0.25) is 5.91 Å². The minimum Gasteiger partial charge on any atom is -0.394 e. The van der Waals surface area contributed by atoms with Gasteiger partial charge in [0.1, 0.15) is 0 Å². The van der Waals surface area contributed by atoms with Crippen LogP contribution in [0.25, 0.3) is 10.9 Å². The van der Waals surface area contributed by atoms with Crippen molar-refractivity contribution in [2.75, 3.05) is 20.2 Å². The number of nitrogens with one attached hydrogen (secondary N) is 1. The van der Waals surface area contributed by atoms with Crippen LogP contribution >= 0.6 is 0 Å². The van der Waals surface area contributed by atoms with Gasteiger partial charge >= 0.3 is 0 Å². The molecule has 2 aromatic rings. The topological polar surface area (TPSA) is 57.5 Å². The Labute approximate surface area is 173 Å². The normalized spacial score (nSPS) is 27.7. The minimum atomic E-state index is -0.137. The summed E-state index contributed by atoms with van der Waals surface area (Å²) in [6.45, 7) is 2.81. The predicted octanol–water partition coefficient (Wildman–Crippen LogP) is 2.90. The number of fused-ring (bicyclic) bond motifs is 2. The number of aliphatic hydroxyl groups is 1. The van der Waals surface area contributed by atoms with Crippen LogP contribution in [-0.4, -0.2) is 52.8 Å². The van der Waals surface area contributed by atoms with Crippen molar-refractivity contribution in [2.45, 2.75) is 62.9 Å². The fourth-order valence-corrected chi connectivity index (χ4v) is 5.97. The Morgan fingerprint density at radius 2 is 2.10 bits per heavy atom. The molecule has 1 amide bonds. The molecule has 156 valence electrons. The first kappa shape index (κ1) is 19.1. The van der Waals surface area contributed by atoms with E-state index in [2.05, 4.69) is 47.1 Å². The van der Waals surface area contributed by atoms with Gasteiger partial charge in [0.05, 0.1) is 18.6 Å². The molecule has 1 aromatic heterocycles. The van der Waals surface area contributed by atoms with Crippen LogP contribution in [0.3, 0.4) is 0 Å². The van der Waals surface area contributed by atoms with Gasteiger partial charge in [0.15, 0.2) is 0 Å². The lowest BCUT2D eigenvalue weighted by Crippen LogP contribution is -2.52. The number of benzene rings is 1. The summed E-state index contributed by atoms with van der Waals surface area (Å²) < 4.78 is 2.44. The molecule has 0 bridgehead atoms. The maximum atomic E-state index is 12.9. The molecule has 2 heterocycles. The van der Waals surface area contributed by atoms with Gasteiger partial charge in [0.25, 0.3) is 0 Å². The quantitative estimate of drug-likeness (QED) is 0.818. The van der Waals surface area contributed by atoms with E-state index in [0.717, 1.165) is 31.7 Å². The average molecular weight is 396 g/mol. The molecule has 1 unspecified atom stereocenters. The second-order valence-electron chi connectivity index (χ2n) is 9.48. The fourth-order valence-electron chi connectivity index (χ4n) is 5.97. The Balaban J connectivity index is 1.51. The molecule has 0 spiro atoms. The zero-order valence-electron chi connectivity index (χ0n) is 17.8. The third kappa shape index (κ3) is 3.01. The predicted molar refractivity (Wildman–Crippen MR) is 115 cm³/mol. The summed E-state index contributed by atoms with van der Waals surface area (Å²) in [5.74, 6) is 1.21. The standard InChI is InChI=1S/C24H33N3O2/c1-4-16(13-28)25-24(29)15-10-18-17-6-5-7-20-22(17)19(11-21(18)26(2)12-15)23(27(20)3)14-8-9-14/h5-7,14-16,18,21,28H,4,8-13H2,1-3H3,(H,25,29)/t15-,16+,18?,21-/m1/s1. The highest BCUT2D eigenvalue weighted by Crippen LogP contribution is 2.51. The van der Waals surface area contributed by atoms with Crippen molar-refractivity contribution in [3.05, 3.63) is 35.0 Å². The largest absolute Gasteiger partial charge is 0.394 e. The van der Waals surface area contributed by atoms with Gasteiger partial charge < -0.3 is 19.9 Å². The number of likely N-dealkylation sites (N-methyl/N-ethyl adjacent to an activating group) is 1. The van der Waals surface area contributed by atoms with Crippen molar-refractivity contribution in [1.29, 1.82) is 0 Å². The lowest BCUT2D eigenvalue weighted by molar-refractivity contribution is -0.128. The van der Waals surface area contributed by atoms with E-state index in [9.17, 15) is 9.90 Å². The summed E-state index contributed by atoms with van der Waals surface area (Å²) in [4.78, 5) is 15.4. The van der Waals surface area contributed by atoms with Crippen LogP contribution in [0.15, 0.2) is 18.2 Å². The smallest absolute Gasteiger partial charge is 0.224 e. The Morgan fingerprint density at radius 3 is 2.79 bits per heavy atom. The number of hydrogen-bond donors (Lipinski definition) is 2. The Bertz CT molecular complexity index is 941. The monoisotopic (exact) mass is 395 g/mol. The van der Waals surface area contributed by atoms with Crippen LogP contribution in [-0.2, 0) is 18.3 Å². The van der Waals surface area contributed by atoms with E-state index >= 15 is 0 Å². The summed E-state index contributed by atoms with van der Waals surface area (Å²) in [5, 5.41) is 14.0. The molecule has 5 heteroatoms. The lowest BCUT2D eigenvalue weighted by Gasteiger charge is -2.45. The summed E-state index contributed by atoms with van der Waals surface area (Å²) in [6, 6.07) is 7.09. The van der Waals surface area contributed by atoms with Gasteiger partial charge in [-0.15, -0.1) is 0 Å². The molecule has 4 atom stereocenters. The van der Waals surface area contributed by atoms with Gasteiger partial charge in [-0.2, -0.15) is 0 Å². The van der Waals surface area contributed by atoms with E-state index in [1.54, 1.807) is 11.3 Å². The number of hydrogen-bond acceptors (Lipinski definition) is 3. The van der Waals surface area contributed by atoms with Crippen LogP contribution in [0.1, 0.15) is 61.3 Å². The van der Waals surface area contributed by atoms with Crippen LogP contribution in [0.5, 0.6) is 0 Å². The van der Waals surface area contributed by atoms with Crippen LogP contribution in [0.4, 0.5) is 0 Å². The summed E-state index contributed by atoms with van der Waals surface area (Å²) in [6.07, 6.45) is 5.40. The molecule has 2 N–H and O–H groups in total. The summed E-state index contributed by atoms with van der Waals surface area (Å²) in [7, 11) is 4.42. The molecule has 5 nitrogen and oxygen atoms in total. The highest BCUT2D eigenvalue weighted by Gasteiger charge is 2.44. The van der Waals surface area contributed by atoms with Crippen molar-refractivity contribution in [3.63, 3.8) is 0 Å². The van der Waals surface area contributed by atoms with Crippen molar-refractivity contribution in [1.82, 2.24) is 14.8 Å². The van der Waals surface area contributed by atoms with E-state index in [0.29, 0.717) is 12.0 Å². The van der Waals surface area contributed by atoms with E-state index in [4.69, 9.17) is 0 Å². The number of likely N-dealkylation sites (tertiary alicyclic amines) is 1. The van der Waals surface area contributed by atoms with Crippen molar-refractivity contribution in [2.24, 2.45) is 13.0 Å². The molecule has 29 heavy (non-hydrogen) atoms. The number of carbonyl (C=O) groups excluding carboxylic acids is 1. The third-order valence-electron chi connectivity index (χ3n) is 7.69. The Morgan fingerprint density at radius 1 is 1.31 bits per heavy atom. The highest BCUT2D eigenvalue weighted by molar-refractivity contribution is 5.91. The van der Waals surface area contributed by atoms with Crippen LogP contribution in [0, 0.1) is 5.92 Å². The average Bonchev–Trinajstić information content (AvgIpc) is 3.52. The van der Waals surface area contributed by atoms with E-state index in [1.165, 1.54) is 29.3 Å². The molecule has 1 aliphatic heterocycles. The number of piperidine rings is 1. The third-order valence-corrected chi connectivity index (χ3v) is 7.69. The number of aliphatic hydroxyl groups excluding tert-OH is 1. The van der Waals surface area contributed by atoms with E-state index < -0.39 is 0 Å². The van der Waals surface area contributed by atoms with Gasteiger partial charge in [-0.3, -0.25) is 4.79 Å². The maximum Gasteiger partial charge on any atom is 0.224 e. The molecular weight excluding hydrogens is 362 g/mol. The zero-order valence-corrected chi connectivity index (χ0v) is 17.8. The number of aryl methyl sites for hydroxylation is 1. The number of nitrogens with zero attached hydrogens (tertiary/aromatic N) is 2. The summed E-state index contributed by atoms with van der Waals surface area (Å²) >= 11 is 0. The lowest BCUT2D eigenvalue weighted by atomic mass is 9.71. The SMILES string of the molecule is CC[C@@H](CO)NC(=O)[C@@H]1CC2c3cccc4c3c(c(C3CC3)n4C)C[C@H]2N(C)C1. The minimum absolute atomic E-state index is 0.00742. The zero-order chi connectivity index (χ0) is 20.3. The Kier molecular flexibility index (Phi) is 4.71. The van der Waals surface area contributed by atoms with Gasteiger partial charge in [-0.1, -0.05) is 19.1 Å². The second-order valence-corrected chi connectivity index (χ2v) is 9.48. The fraction of sp³-hybridized carbons (Fsp3) is 0.625. The number of rotatable bonds is 5. The molecule has 0 radical (unpaired) electrons. The van der Waals surface area contributed by atoms with Crippen molar-refractivity contribution in [3.8, 4) is 0 Å². The molecular formula is C24H33N3O2. The molecule has 5 rings (SSSR count). The molecule has 3 aliphatic rings. The molecule has 2 fully saturated rings. The van der Waals surface area contributed by atoms with Crippen LogP contribution in [0.2, 0.25) is 0 Å². The first-order valence-electron chi connectivity index (χ1n) is 11.2. The molecule has 2 aliphatic carbocycles. The van der Waals surface area contributed by atoms with Gasteiger partial charge in [0, 0.05) is 42.1 Å². The van der Waals surface area contributed by atoms with Gasteiger partial charge in [-0.05, 0) is 62.3 Å². The first-order chi connectivity index (χ1) is 14.0. The number of amides is 1. The molecule has 1 saturated heterocycles. The number of carbonyl (C=O) groups is 1.